The van der Waals surface area contributed by atoms with Gasteiger partial charge in [0.25, 0.3) is 0 Å². The summed E-state index contributed by atoms with van der Waals surface area (Å²) in [6.45, 7) is 2.56. The van der Waals surface area contributed by atoms with E-state index in [1.54, 1.807) is 18.3 Å². The summed E-state index contributed by atoms with van der Waals surface area (Å²) in [5.41, 5.74) is 1.90. The van der Waals surface area contributed by atoms with Crippen LogP contribution in [0.4, 0.5) is 0 Å². The zero-order valence-electron chi connectivity index (χ0n) is 8.23. The molecule has 76 valence electrons. The summed E-state index contributed by atoms with van der Waals surface area (Å²) in [7, 11) is 0. The Morgan fingerprint density at radius 1 is 1.47 bits per heavy atom. The van der Waals surface area contributed by atoms with E-state index >= 15 is 0 Å². The Bertz CT molecular complexity index is 574. The molecule has 0 saturated heterocycles. The Hall–Kier alpha value is -1.68. The van der Waals surface area contributed by atoms with E-state index in [1.807, 2.05) is 6.07 Å². The smallest absolute Gasteiger partial charge is 0.191 e. The molecule has 0 atom stereocenters. The van der Waals surface area contributed by atoms with Crippen molar-refractivity contribution in [1.82, 2.24) is 14.9 Å². The predicted molar refractivity (Wildman–Crippen MR) is 57.7 cm³/mol. The van der Waals surface area contributed by atoms with Gasteiger partial charge < -0.3 is 9.88 Å². The van der Waals surface area contributed by atoms with E-state index in [1.165, 1.54) is 0 Å². The van der Waals surface area contributed by atoms with E-state index in [9.17, 15) is 4.79 Å². The highest BCUT2D eigenvalue weighted by Crippen LogP contribution is 2.12. The fourth-order valence-electron chi connectivity index (χ4n) is 2.05. The molecule has 0 amide bonds. The van der Waals surface area contributed by atoms with Crippen molar-refractivity contribution in [3.8, 4) is 0 Å². The van der Waals surface area contributed by atoms with Crippen molar-refractivity contribution in [2.75, 3.05) is 6.54 Å². The third kappa shape index (κ3) is 1.26. The van der Waals surface area contributed by atoms with Crippen LogP contribution in [0.25, 0.3) is 11.0 Å². The maximum atomic E-state index is 11.8. The van der Waals surface area contributed by atoms with Crippen LogP contribution < -0.4 is 10.7 Å². The maximum absolute atomic E-state index is 11.8. The molecule has 3 heterocycles. The average Bonchev–Trinajstić information content (AvgIpc) is 2.30. The van der Waals surface area contributed by atoms with Crippen LogP contribution in [0.15, 0.2) is 29.2 Å². The van der Waals surface area contributed by atoms with Gasteiger partial charge in [-0.2, -0.15) is 0 Å². The average molecular weight is 201 g/mol. The lowest BCUT2D eigenvalue weighted by Crippen LogP contribution is -2.31. The van der Waals surface area contributed by atoms with Gasteiger partial charge in [0.05, 0.1) is 5.39 Å². The van der Waals surface area contributed by atoms with E-state index in [-0.39, 0.29) is 5.43 Å². The number of hydrogen-bond acceptors (Lipinski definition) is 3. The number of hydrogen-bond donors (Lipinski definition) is 1. The lowest BCUT2D eigenvalue weighted by Gasteiger charge is -2.21. The molecule has 4 nitrogen and oxygen atoms in total. The van der Waals surface area contributed by atoms with Crippen molar-refractivity contribution < 1.29 is 0 Å². The summed E-state index contributed by atoms with van der Waals surface area (Å²) in [4.78, 5) is 16.1. The first-order valence-corrected chi connectivity index (χ1v) is 5.04. The lowest BCUT2D eigenvalue weighted by molar-refractivity contribution is 0.519. The lowest BCUT2D eigenvalue weighted by atomic mass is 10.2. The molecule has 0 saturated carbocycles. The molecule has 0 aliphatic carbocycles. The summed E-state index contributed by atoms with van der Waals surface area (Å²) in [6.07, 6.45) is 1.73. The minimum Gasteiger partial charge on any atom is -0.327 e. The van der Waals surface area contributed by atoms with Crippen LogP contribution in [0.5, 0.6) is 0 Å². The van der Waals surface area contributed by atoms with Crippen LogP contribution in [0.1, 0.15) is 5.69 Å². The topological polar surface area (TPSA) is 46.9 Å². The van der Waals surface area contributed by atoms with Crippen LogP contribution in [-0.4, -0.2) is 16.1 Å². The highest BCUT2D eigenvalue weighted by atomic mass is 16.1. The number of nitrogens with one attached hydrogen (secondary N) is 1. The van der Waals surface area contributed by atoms with E-state index in [0.717, 1.165) is 31.0 Å². The molecule has 0 bridgehead atoms. The molecular weight excluding hydrogens is 190 g/mol. The molecule has 2 aromatic rings. The standard InChI is InChI=1S/C11H11N3O/c15-10-6-8-7-12-4-5-14(8)11-9(10)2-1-3-13-11/h1-3,6,12H,4-5,7H2. The van der Waals surface area contributed by atoms with E-state index in [0.29, 0.717) is 5.39 Å². The molecule has 0 unspecified atom stereocenters. The normalized spacial score (nSPS) is 15.2. The molecule has 0 aromatic carbocycles. The number of pyridine rings is 2. The van der Waals surface area contributed by atoms with E-state index < -0.39 is 0 Å². The largest absolute Gasteiger partial charge is 0.327 e. The molecule has 15 heavy (non-hydrogen) atoms. The number of rotatable bonds is 0. The molecule has 0 radical (unpaired) electrons. The molecule has 1 N–H and O–H groups in total. The van der Waals surface area contributed by atoms with Gasteiger partial charge in [-0.1, -0.05) is 0 Å². The summed E-state index contributed by atoms with van der Waals surface area (Å²) in [5, 5.41) is 3.96. The Morgan fingerprint density at radius 2 is 2.40 bits per heavy atom. The summed E-state index contributed by atoms with van der Waals surface area (Å²) >= 11 is 0. The third-order valence-electron chi connectivity index (χ3n) is 2.77. The SMILES string of the molecule is O=c1cc2n(c3ncccc13)CCNC2. The molecule has 4 heteroatoms. The summed E-state index contributed by atoms with van der Waals surface area (Å²) < 4.78 is 2.12. The van der Waals surface area contributed by atoms with Crippen molar-refractivity contribution in [3.05, 3.63) is 40.3 Å². The molecule has 0 fully saturated rings. The summed E-state index contributed by atoms with van der Waals surface area (Å²) in [5.74, 6) is 0. The van der Waals surface area contributed by atoms with Crippen molar-refractivity contribution in [2.24, 2.45) is 0 Å². The first-order valence-electron chi connectivity index (χ1n) is 5.04. The monoisotopic (exact) mass is 201 g/mol. The molecule has 1 aliphatic heterocycles. The maximum Gasteiger partial charge on any atom is 0.191 e. The highest BCUT2D eigenvalue weighted by molar-refractivity contribution is 5.75. The van der Waals surface area contributed by atoms with Gasteiger partial charge in [0.2, 0.25) is 0 Å². The third-order valence-corrected chi connectivity index (χ3v) is 2.77. The molecule has 3 rings (SSSR count). The molecular formula is C11H11N3O. The highest BCUT2D eigenvalue weighted by Gasteiger charge is 2.12. The van der Waals surface area contributed by atoms with Crippen molar-refractivity contribution >= 4 is 11.0 Å². The van der Waals surface area contributed by atoms with E-state index in [2.05, 4.69) is 14.9 Å². The van der Waals surface area contributed by atoms with Crippen LogP contribution in [0.3, 0.4) is 0 Å². The second-order valence-electron chi connectivity index (χ2n) is 3.70. The number of nitrogens with zero attached hydrogens (tertiary/aromatic N) is 2. The Kier molecular flexibility index (Phi) is 1.82. The first-order chi connectivity index (χ1) is 7.36. The molecule has 0 spiro atoms. The zero-order valence-corrected chi connectivity index (χ0v) is 8.23. The Labute approximate surface area is 86.6 Å². The van der Waals surface area contributed by atoms with Crippen molar-refractivity contribution in [2.45, 2.75) is 13.1 Å². The number of fused-ring (bicyclic) bond motifs is 3. The Balaban J connectivity index is 2.45. The van der Waals surface area contributed by atoms with Gasteiger partial charge in [0.15, 0.2) is 5.43 Å². The van der Waals surface area contributed by atoms with Crippen LogP contribution in [-0.2, 0) is 13.1 Å². The van der Waals surface area contributed by atoms with E-state index in [4.69, 9.17) is 0 Å². The second kappa shape index (κ2) is 3.17. The second-order valence-corrected chi connectivity index (χ2v) is 3.70. The van der Waals surface area contributed by atoms with Gasteiger partial charge in [0, 0.05) is 37.6 Å². The number of aromatic nitrogens is 2. The minimum atomic E-state index is 0.0630. The van der Waals surface area contributed by atoms with Gasteiger partial charge >= 0.3 is 0 Å². The van der Waals surface area contributed by atoms with Crippen molar-refractivity contribution in [1.29, 1.82) is 0 Å². The molecule has 1 aliphatic rings. The predicted octanol–water partition coefficient (Wildman–Crippen LogP) is 0.500. The van der Waals surface area contributed by atoms with Crippen LogP contribution >= 0.6 is 0 Å². The minimum absolute atomic E-state index is 0.0630. The van der Waals surface area contributed by atoms with Gasteiger partial charge in [-0.15, -0.1) is 0 Å². The molecule has 2 aromatic heterocycles. The fourth-order valence-corrected chi connectivity index (χ4v) is 2.05. The van der Waals surface area contributed by atoms with Gasteiger partial charge in [-0.3, -0.25) is 4.79 Å². The van der Waals surface area contributed by atoms with Crippen molar-refractivity contribution in [3.63, 3.8) is 0 Å². The fraction of sp³-hybridized carbons (Fsp3) is 0.273. The Morgan fingerprint density at radius 3 is 3.33 bits per heavy atom. The zero-order chi connectivity index (χ0) is 10.3. The van der Waals surface area contributed by atoms with Gasteiger partial charge in [-0.05, 0) is 12.1 Å². The quantitative estimate of drug-likeness (QED) is 0.675. The van der Waals surface area contributed by atoms with Crippen LogP contribution in [0, 0.1) is 0 Å². The van der Waals surface area contributed by atoms with Crippen LogP contribution in [0.2, 0.25) is 0 Å². The van der Waals surface area contributed by atoms with Gasteiger partial charge in [-0.25, -0.2) is 4.98 Å². The first kappa shape index (κ1) is 8.61. The van der Waals surface area contributed by atoms with Gasteiger partial charge in [0.1, 0.15) is 5.65 Å². The summed E-state index contributed by atoms with van der Waals surface area (Å²) in [6, 6.07) is 5.34.